The smallest absolute Gasteiger partial charge is 0.288 e. The Balaban J connectivity index is 1.85. The van der Waals surface area contributed by atoms with Gasteiger partial charge in [-0.15, -0.1) is 0 Å². The molecule has 29 heavy (non-hydrogen) atoms. The lowest BCUT2D eigenvalue weighted by Gasteiger charge is -2.09. The second-order valence-corrected chi connectivity index (χ2v) is 6.54. The molecule has 11 heteroatoms. The van der Waals surface area contributed by atoms with Crippen molar-refractivity contribution >= 4 is 17.2 Å². The van der Waals surface area contributed by atoms with Crippen LogP contribution < -0.4 is 5.56 Å². The van der Waals surface area contributed by atoms with Crippen molar-refractivity contribution in [3.63, 3.8) is 0 Å². The quantitative estimate of drug-likeness (QED) is 0.512. The fraction of sp³-hybridized carbons (Fsp3) is 0.167. The molecular weight excluding hydrogens is 409 g/mol. The number of aromatic nitrogens is 6. The first-order valence-electron chi connectivity index (χ1n) is 8.49. The standard InChI is InChI=1S/C18H12ClF3N6O/c1-2-8-3-11(21)9(4-10(8)20)5-12-17-23-7-24-28(17)6-13(25-12)16-26-15(19)14(22)18(29)27-16/h3-4,6-7H,2,5H2,1H3,(H,26,27,29). The molecule has 3 aromatic heterocycles. The maximum Gasteiger partial charge on any atom is 0.288 e. The van der Waals surface area contributed by atoms with Gasteiger partial charge in [0.1, 0.15) is 23.7 Å². The molecular formula is C18H12ClF3N6O. The highest BCUT2D eigenvalue weighted by molar-refractivity contribution is 6.29. The summed E-state index contributed by atoms with van der Waals surface area (Å²) in [6.45, 7) is 1.73. The number of nitrogens with one attached hydrogen (secondary N) is 1. The van der Waals surface area contributed by atoms with Crippen molar-refractivity contribution < 1.29 is 13.2 Å². The number of rotatable bonds is 4. The first-order valence-corrected chi connectivity index (χ1v) is 8.87. The highest BCUT2D eigenvalue weighted by Crippen LogP contribution is 2.22. The molecule has 0 spiro atoms. The SMILES string of the molecule is CCc1cc(F)c(Cc2nc(-c3nc(Cl)c(F)c(=O)[nH]3)cn3ncnc23)cc1F. The van der Waals surface area contributed by atoms with Crippen LogP contribution in [0.5, 0.6) is 0 Å². The van der Waals surface area contributed by atoms with Gasteiger partial charge in [-0.25, -0.2) is 28.2 Å². The van der Waals surface area contributed by atoms with Gasteiger partial charge in [-0.05, 0) is 29.7 Å². The second-order valence-electron chi connectivity index (χ2n) is 6.19. The van der Waals surface area contributed by atoms with Crippen molar-refractivity contribution in [3.8, 4) is 11.5 Å². The number of hydrogen-bond acceptors (Lipinski definition) is 5. The highest BCUT2D eigenvalue weighted by atomic mass is 35.5. The average Bonchev–Trinajstić information content (AvgIpc) is 3.17. The van der Waals surface area contributed by atoms with Crippen LogP contribution in [0.15, 0.2) is 29.5 Å². The molecule has 4 rings (SSSR count). The predicted molar refractivity (Wildman–Crippen MR) is 98.1 cm³/mol. The van der Waals surface area contributed by atoms with Gasteiger partial charge >= 0.3 is 0 Å². The molecule has 0 amide bonds. The van der Waals surface area contributed by atoms with Crippen molar-refractivity contribution in [1.82, 2.24) is 29.5 Å². The minimum absolute atomic E-state index is 0.0767. The summed E-state index contributed by atoms with van der Waals surface area (Å²) >= 11 is 5.64. The molecule has 4 aromatic rings. The molecule has 0 aliphatic carbocycles. The first kappa shape index (κ1) is 19.1. The van der Waals surface area contributed by atoms with Gasteiger partial charge in [0.15, 0.2) is 16.6 Å². The zero-order valence-corrected chi connectivity index (χ0v) is 15.6. The molecule has 0 bridgehead atoms. The number of halogens is 4. The Morgan fingerprint density at radius 1 is 1.14 bits per heavy atom. The van der Waals surface area contributed by atoms with E-state index in [2.05, 4.69) is 25.0 Å². The lowest BCUT2D eigenvalue weighted by atomic mass is 10.0. The second kappa shape index (κ2) is 7.28. The van der Waals surface area contributed by atoms with Gasteiger partial charge in [0.25, 0.3) is 5.56 Å². The molecule has 148 valence electrons. The molecule has 0 unspecified atom stereocenters. The van der Waals surface area contributed by atoms with Crippen molar-refractivity contribution in [3.05, 3.63) is 74.4 Å². The van der Waals surface area contributed by atoms with Crippen LogP contribution in [0.3, 0.4) is 0 Å². The third kappa shape index (κ3) is 3.46. The summed E-state index contributed by atoms with van der Waals surface area (Å²) in [6.07, 6.45) is 2.92. The summed E-state index contributed by atoms with van der Waals surface area (Å²) in [5.41, 5.74) is -0.0566. The van der Waals surface area contributed by atoms with Gasteiger partial charge in [0.05, 0.1) is 11.9 Å². The zero-order valence-electron chi connectivity index (χ0n) is 14.9. The van der Waals surface area contributed by atoms with Gasteiger partial charge in [0.2, 0.25) is 5.82 Å². The Morgan fingerprint density at radius 2 is 1.86 bits per heavy atom. The summed E-state index contributed by atoms with van der Waals surface area (Å²) in [6, 6.07) is 2.26. The molecule has 1 aromatic carbocycles. The predicted octanol–water partition coefficient (Wildman–Crippen LogP) is 3.10. The summed E-state index contributed by atoms with van der Waals surface area (Å²) in [7, 11) is 0. The van der Waals surface area contributed by atoms with E-state index in [1.165, 1.54) is 17.0 Å². The van der Waals surface area contributed by atoms with Crippen molar-refractivity contribution in [1.29, 1.82) is 0 Å². The molecule has 1 N–H and O–H groups in total. The molecule has 0 aliphatic heterocycles. The van der Waals surface area contributed by atoms with Crippen LogP contribution >= 0.6 is 11.6 Å². The van der Waals surface area contributed by atoms with Crippen molar-refractivity contribution in [2.45, 2.75) is 19.8 Å². The van der Waals surface area contributed by atoms with Crippen LogP contribution in [0.1, 0.15) is 23.7 Å². The van der Waals surface area contributed by atoms with Gasteiger partial charge in [0, 0.05) is 6.42 Å². The zero-order chi connectivity index (χ0) is 20.7. The number of benzene rings is 1. The topological polar surface area (TPSA) is 88.8 Å². The molecule has 0 fully saturated rings. The van der Waals surface area contributed by atoms with Crippen LogP contribution in [0.25, 0.3) is 17.2 Å². The Kier molecular flexibility index (Phi) is 4.79. The van der Waals surface area contributed by atoms with E-state index < -0.39 is 28.2 Å². The highest BCUT2D eigenvalue weighted by Gasteiger charge is 2.17. The number of nitrogens with zero attached hydrogens (tertiary/aromatic N) is 5. The number of aryl methyl sites for hydroxylation is 1. The van der Waals surface area contributed by atoms with E-state index in [4.69, 9.17) is 11.6 Å². The molecule has 0 saturated carbocycles. The number of H-pyrrole nitrogens is 1. The Morgan fingerprint density at radius 3 is 2.59 bits per heavy atom. The summed E-state index contributed by atoms with van der Waals surface area (Å²) in [5, 5.41) is 3.39. The minimum Gasteiger partial charge on any atom is -0.303 e. The molecule has 7 nitrogen and oxygen atoms in total. The number of aromatic amines is 1. The Hall–Kier alpha value is -3.27. The third-order valence-electron chi connectivity index (χ3n) is 4.35. The molecule has 0 aliphatic rings. The maximum absolute atomic E-state index is 14.4. The molecule has 0 radical (unpaired) electrons. The number of hydrogen-bond donors (Lipinski definition) is 1. The van der Waals surface area contributed by atoms with E-state index in [9.17, 15) is 18.0 Å². The van der Waals surface area contributed by atoms with Gasteiger partial charge in [-0.2, -0.15) is 9.49 Å². The fourth-order valence-corrected chi connectivity index (χ4v) is 3.06. The van der Waals surface area contributed by atoms with Gasteiger partial charge in [-0.1, -0.05) is 18.5 Å². The van der Waals surface area contributed by atoms with E-state index in [1.807, 2.05) is 0 Å². The summed E-state index contributed by atoms with van der Waals surface area (Å²) in [4.78, 5) is 26.1. The summed E-state index contributed by atoms with van der Waals surface area (Å²) in [5.74, 6) is -2.42. The van der Waals surface area contributed by atoms with Crippen LogP contribution in [0, 0.1) is 17.5 Å². The third-order valence-corrected chi connectivity index (χ3v) is 4.60. The van der Waals surface area contributed by atoms with Gasteiger partial charge < -0.3 is 4.98 Å². The first-order chi connectivity index (χ1) is 13.9. The van der Waals surface area contributed by atoms with Crippen molar-refractivity contribution in [2.75, 3.05) is 0 Å². The lowest BCUT2D eigenvalue weighted by molar-refractivity contribution is 0.576. The molecule has 3 heterocycles. The van der Waals surface area contributed by atoms with E-state index in [-0.39, 0.29) is 34.8 Å². The van der Waals surface area contributed by atoms with Gasteiger partial charge in [-0.3, -0.25) is 4.79 Å². The van der Waals surface area contributed by atoms with E-state index in [1.54, 1.807) is 6.92 Å². The largest absolute Gasteiger partial charge is 0.303 e. The molecule has 0 saturated heterocycles. The Bertz CT molecular complexity index is 1300. The normalized spacial score (nSPS) is 11.3. The van der Waals surface area contributed by atoms with Crippen LogP contribution in [0.2, 0.25) is 5.15 Å². The van der Waals surface area contributed by atoms with E-state index in [0.29, 0.717) is 12.1 Å². The number of fused-ring (bicyclic) bond motifs is 1. The average molecular weight is 421 g/mol. The fourth-order valence-electron chi connectivity index (χ4n) is 2.89. The van der Waals surface area contributed by atoms with Crippen LogP contribution in [-0.4, -0.2) is 29.5 Å². The van der Waals surface area contributed by atoms with Crippen molar-refractivity contribution in [2.24, 2.45) is 0 Å². The monoisotopic (exact) mass is 420 g/mol. The maximum atomic E-state index is 14.4. The van der Waals surface area contributed by atoms with E-state index in [0.717, 1.165) is 12.1 Å². The lowest BCUT2D eigenvalue weighted by Crippen LogP contribution is -2.15. The minimum atomic E-state index is -1.22. The summed E-state index contributed by atoms with van der Waals surface area (Å²) < 4.78 is 43.4. The van der Waals surface area contributed by atoms with Crippen LogP contribution in [-0.2, 0) is 12.8 Å². The van der Waals surface area contributed by atoms with Crippen LogP contribution in [0.4, 0.5) is 13.2 Å². The Labute approximate surface area is 166 Å². The van der Waals surface area contributed by atoms with E-state index >= 15 is 0 Å². The molecule has 0 atom stereocenters.